The maximum atomic E-state index is 12.6. The van der Waals surface area contributed by atoms with E-state index >= 15 is 0 Å². The summed E-state index contributed by atoms with van der Waals surface area (Å²) < 4.78 is 21.0. The Morgan fingerprint density at radius 1 is 1.16 bits per heavy atom. The van der Waals surface area contributed by atoms with E-state index in [2.05, 4.69) is 18.1 Å². The lowest BCUT2D eigenvalue weighted by molar-refractivity contribution is -0.136. The van der Waals surface area contributed by atoms with E-state index in [-0.39, 0.29) is 6.54 Å². The highest BCUT2D eigenvalue weighted by molar-refractivity contribution is 6.17. The molecule has 0 bridgehead atoms. The summed E-state index contributed by atoms with van der Waals surface area (Å²) in [4.78, 5) is 28.3. The largest absolute Gasteiger partial charge is 0.501 e. The summed E-state index contributed by atoms with van der Waals surface area (Å²) in [6, 6.07) is 0. The van der Waals surface area contributed by atoms with Crippen molar-refractivity contribution in [3.63, 3.8) is 0 Å². The van der Waals surface area contributed by atoms with Crippen molar-refractivity contribution in [2.24, 2.45) is 0 Å². The van der Waals surface area contributed by atoms with E-state index in [0.717, 1.165) is 44.2 Å². The van der Waals surface area contributed by atoms with Crippen molar-refractivity contribution < 1.29 is 28.5 Å². The molecule has 174 valence electrons. The van der Waals surface area contributed by atoms with Gasteiger partial charge in [-0.05, 0) is 18.6 Å². The molecule has 0 aromatic heterocycles. The number of nitrogens with zero attached hydrogens (tertiary/aromatic N) is 2. The predicted molar refractivity (Wildman–Crippen MR) is 121 cm³/mol. The van der Waals surface area contributed by atoms with Gasteiger partial charge >= 0.3 is 0 Å². The van der Waals surface area contributed by atoms with Gasteiger partial charge in [-0.2, -0.15) is 0 Å². The Kier molecular flexibility index (Phi) is 10.5. The number of carbonyl (C=O) groups excluding carboxylic acids is 2. The number of morpholine rings is 1. The van der Waals surface area contributed by atoms with Crippen LogP contribution in [0.15, 0.2) is 72.5 Å². The predicted octanol–water partition coefficient (Wildman–Crippen LogP) is 2.34. The smallest absolute Gasteiger partial charge is 0.261 e. The molecule has 0 spiro atoms. The van der Waals surface area contributed by atoms with Gasteiger partial charge < -0.3 is 18.9 Å². The van der Waals surface area contributed by atoms with E-state index in [1.54, 1.807) is 30.6 Å². The minimum atomic E-state index is -0.403. The number of carbonyl (C=O) groups is 2. The number of amides is 2. The molecule has 0 saturated carbocycles. The first kappa shape index (κ1) is 25.2. The third-order valence-corrected chi connectivity index (χ3v) is 4.91. The zero-order chi connectivity index (χ0) is 23.3. The summed E-state index contributed by atoms with van der Waals surface area (Å²) in [6.45, 7) is 12.7. The summed E-state index contributed by atoms with van der Waals surface area (Å²) in [5, 5.41) is 0. The zero-order valence-electron chi connectivity index (χ0n) is 18.9. The van der Waals surface area contributed by atoms with Gasteiger partial charge in [-0.3, -0.25) is 19.4 Å². The number of allylic oxidation sites excluding steroid dienone is 3. The fourth-order valence-electron chi connectivity index (χ4n) is 3.10. The number of rotatable bonds is 13. The lowest BCUT2D eigenvalue weighted by Crippen LogP contribution is -2.37. The fourth-order valence-corrected chi connectivity index (χ4v) is 3.10. The highest BCUT2D eigenvalue weighted by Gasteiger charge is 2.30. The standard InChI is InChI=1S/C24H32N2O6/c1-19(22(30-4)16-20(2)29-3)18-26-23(27)17-21(24(26)28)8-5-6-12-31-13-7-9-25-10-14-32-15-11-25/h5-6,8,12,16-17H,1-2,7,9-11,13-15,18H2,3-4H3/b8-5-,12-6+,22-16+. The first-order valence-electron chi connectivity index (χ1n) is 10.5. The Bertz CT molecular complexity index is 818. The molecule has 2 rings (SSSR count). The molecule has 2 aliphatic rings. The summed E-state index contributed by atoms with van der Waals surface area (Å²) >= 11 is 0. The lowest BCUT2D eigenvalue weighted by atomic mass is 10.2. The van der Waals surface area contributed by atoms with Crippen molar-refractivity contribution >= 4 is 11.8 Å². The molecule has 1 saturated heterocycles. The molecule has 8 heteroatoms. The number of ether oxygens (including phenoxy) is 4. The highest BCUT2D eigenvalue weighted by Crippen LogP contribution is 2.19. The first-order chi connectivity index (χ1) is 15.5. The van der Waals surface area contributed by atoms with Gasteiger partial charge in [0, 0.05) is 42.9 Å². The maximum absolute atomic E-state index is 12.6. The lowest BCUT2D eigenvalue weighted by Gasteiger charge is -2.26. The number of imide groups is 1. The van der Waals surface area contributed by atoms with Crippen LogP contribution in [0.3, 0.4) is 0 Å². The van der Waals surface area contributed by atoms with Crippen LogP contribution in [0.2, 0.25) is 0 Å². The molecule has 0 aromatic carbocycles. The molecule has 8 nitrogen and oxygen atoms in total. The van der Waals surface area contributed by atoms with E-state index in [1.165, 1.54) is 20.3 Å². The van der Waals surface area contributed by atoms with Crippen LogP contribution < -0.4 is 0 Å². The van der Waals surface area contributed by atoms with Gasteiger partial charge in [0.2, 0.25) is 0 Å². The minimum Gasteiger partial charge on any atom is -0.501 e. The molecule has 0 radical (unpaired) electrons. The van der Waals surface area contributed by atoms with Crippen LogP contribution >= 0.6 is 0 Å². The van der Waals surface area contributed by atoms with Crippen molar-refractivity contribution in [1.29, 1.82) is 0 Å². The third kappa shape index (κ3) is 7.86. The minimum absolute atomic E-state index is 0.00423. The van der Waals surface area contributed by atoms with Crippen molar-refractivity contribution in [1.82, 2.24) is 9.80 Å². The van der Waals surface area contributed by atoms with Crippen LogP contribution in [0.4, 0.5) is 0 Å². The van der Waals surface area contributed by atoms with Crippen molar-refractivity contribution in [2.45, 2.75) is 6.42 Å². The van der Waals surface area contributed by atoms with E-state index in [1.807, 2.05) is 0 Å². The summed E-state index contributed by atoms with van der Waals surface area (Å²) in [5.41, 5.74) is 0.750. The van der Waals surface area contributed by atoms with Crippen LogP contribution in [-0.2, 0) is 28.5 Å². The van der Waals surface area contributed by atoms with Gasteiger partial charge in [-0.25, -0.2) is 0 Å². The molecule has 0 N–H and O–H groups in total. The molecule has 0 atom stereocenters. The molecule has 0 aromatic rings. The van der Waals surface area contributed by atoms with Crippen molar-refractivity contribution in [3.05, 3.63) is 72.5 Å². The average molecular weight is 445 g/mol. The fraction of sp³-hybridized carbons (Fsp3) is 0.417. The number of methoxy groups -OCH3 is 2. The van der Waals surface area contributed by atoms with E-state index in [4.69, 9.17) is 18.9 Å². The monoisotopic (exact) mass is 444 g/mol. The first-order valence-corrected chi connectivity index (χ1v) is 10.5. The van der Waals surface area contributed by atoms with E-state index in [9.17, 15) is 9.59 Å². The third-order valence-electron chi connectivity index (χ3n) is 4.91. The van der Waals surface area contributed by atoms with Crippen LogP contribution in [0.25, 0.3) is 0 Å². The van der Waals surface area contributed by atoms with Gasteiger partial charge in [0.1, 0.15) is 11.5 Å². The second kappa shape index (κ2) is 13.3. The van der Waals surface area contributed by atoms with Crippen LogP contribution in [-0.4, -0.2) is 81.8 Å². The molecular weight excluding hydrogens is 412 g/mol. The molecule has 2 aliphatic heterocycles. The quantitative estimate of drug-likeness (QED) is 0.187. The second-order valence-corrected chi connectivity index (χ2v) is 7.18. The molecule has 2 amide bonds. The van der Waals surface area contributed by atoms with Crippen LogP contribution in [0.5, 0.6) is 0 Å². The number of hydrogen-bond acceptors (Lipinski definition) is 7. The molecule has 1 fully saturated rings. The topological polar surface area (TPSA) is 77.5 Å². The van der Waals surface area contributed by atoms with Crippen molar-refractivity contribution in [3.8, 4) is 0 Å². The van der Waals surface area contributed by atoms with Gasteiger partial charge in [-0.1, -0.05) is 19.2 Å². The highest BCUT2D eigenvalue weighted by atomic mass is 16.5. The van der Waals surface area contributed by atoms with Gasteiger partial charge in [0.15, 0.2) is 0 Å². The van der Waals surface area contributed by atoms with Gasteiger partial charge in [-0.15, -0.1) is 0 Å². The normalized spacial score (nSPS) is 17.9. The van der Waals surface area contributed by atoms with Gasteiger partial charge in [0.25, 0.3) is 11.8 Å². The second-order valence-electron chi connectivity index (χ2n) is 7.18. The Morgan fingerprint density at radius 3 is 2.59 bits per heavy atom. The Balaban J connectivity index is 1.76. The average Bonchev–Trinajstić information content (AvgIpc) is 3.07. The SMILES string of the molecule is C=C(/C=C(/OC)C(=C)CN1C(=O)C=C(/C=C\C=C\OCCCN2CCOCC2)C1=O)OC. The molecule has 0 aliphatic carbocycles. The van der Waals surface area contributed by atoms with Gasteiger partial charge in [0.05, 0.1) is 46.8 Å². The number of hydrogen-bond donors (Lipinski definition) is 0. The van der Waals surface area contributed by atoms with Crippen molar-refractivity contribution in [2.75, 3.05) is 60.2 Å². The van der Waals surface area contributed by atoms with Crippen LogP contribution in [0, 0.1) is 0 Å². The van der Waals surface area contributed by atoms with E-state index < -0.39 is 11.8 Å². The molecule has 0 unspecified atom stereocenters. The molecule has 2 heterocycles. The van der Waals surface area contributed by atoms with Crippen LogP contribution in [0.1, 0.15) is 6.42 Å². The summed E-state index contributed by atoms with van der Waals surface area (Å²) in [7, 11) is 2.95. The Morgan fingerprint density at radius 2 is 1.91 bits per heavy atom. The van der Waals surface area contributed by atoms with E-state index in [0.29, 0.717) is 29.3 Å². The summed E-state index contributed by atoms with van der Waals surface area (Å²) in [5.74, 6) is -0.0394. The summed E-state index contributed by atoms with van der Waals surface area (Å²) in [6.07, 6.45) is 10.3. The Labute approximate surface area is 189 Å². The zero-order valence-corrected chi connectivity index (χ0v) is 18.9. The Hall–Kier alpha value is -3.10. The maximum Gasteiger partial charge on any atom is 0.261 e. The molecule has 32 heavy (non-hydrogen) atoms. The molecular formula is C24H32N2O6.